The lowest BCUT2D eigenvalue weighted by Crippen LogP contribution is -2.36. The molecule has 31 heavy (non-hydrogen) atoms. The summed E-state index contributed by atoms with van der Waals surface area (Å²) in [5.41, 5.74) is 5.79. The minimum Gasteiger partial charge on any atom is -0.379 e. The smallest absolute Gasteiger partial charge is 0.251 e. The molecule has 0 aliphatic carbocycles. The van der Waals surface area contributed by atoms with Crippen LogP contribution in [0.3, 0.4) is 0 Å². The summed E-state index contributed by atoms with van der Waals surface area (Å²) in [6.45, 7) is 3.57. The van der Waals surface area contributed by atoms with Crippen molar-refractivity contribution in [2.24, 2.45) is 5.73 Å². The number of carbonyl (C=O) groups is 1. The molecule has 1 fully saturated rings. The fourth-order valence-corrected chi connectivity index (χ4v) is 3.41. The number of morpholine rings is 1. The highest BCUT2D eigenvalue weighted by molar-refractivity contribution is 6.30. The highest BCUT2D eigenvalue weighted by atomic mass is 35.5. The molecule has 6 nitrogen and oxygen atoms in total. The summed E-state index contributed by atoms with van der Waals surface area (Å²) in [4.78, 5) is 15.3. The molecule has 162 valence electrons. The predicted molar refractivity (Wildman–Crippen MR) is 119 cm³/mol. The zero-order valence-electron chi connectivity index (χ0n) is 17.2. The van der Waals surface area contributed by atoms with Crippen molar-refractivity contribution in [3.8, 4) is 11.8 Å². The average Bonchev–Trinajstić information content (AvgIpc) is 2.77. The molecule has 3 rings (SSSR count). The van der Waals surface area contributed by atoms with Crippen molar-refractivity contribution >= 4 is 23.3 Å². The molecule has 2 aromatic carbocycles. The predicted octanol–water partition coefficient (Wildman–Crippen LogP) is 2.91. The van der Waals surface area contributed by atoms with E-state index in [0.717, 1.165) is 18.7 Å². The number of hydrogen-bond acceptors (Lipinski definition) is 4. The van der Waals surface area contributed by atoms with Crippen molar-refractivity contribution in [3.05, 3.63) is 70.0 Å². The summed E-state index contributed by atoms with van der Waals surface area (Å²) in [6, 6.07) is 10.9. The molecule has 1 amide bonds. The molecule has 0 aromatic heterocycles. The van der Waals surface area contributed by atoms with E-state index < -0.39 is 17.8 Å². The molecule has 8 heteroatoms. The molecular weight excluding hydrogens is 419 g/mol. The third-order valence-electron chi connectivity index (χ3n) is 5.09. The second-order valence-electron chi connectivity index (χ2n) is 7.15. The minimum atomic E-state index is -0.880. The van der Waals surface area contributed by atoms with E-state index in [1.807, 2.05) is 12.1 Å². The van der Waals surface area contributed by atoms with Crippen LogP contribution in [0.25, 0.3) is 0 Å². The number of amides is 1. The van der Waals surface area contributed by atoms with Crippen molar-refractivity contribution in [2.45, 2.75) is 6.04 Å². The standard InChI is InChI=1S/C23H24ClFN4O2/c1-28(22(26)18-4-2-5-19(21(18)25)23(27)30)20(16-7-9-17(24)10-8-16)6-3-11-29-12-14-31-15-13-29/h2,4-5,7-10,20,26H,11-15H2,1H3,(H2,27,30). The number of nitrogens with one attached hydrogen (secondary N) is 1. The van der Waals surface area contributed by atoms with Crippen LogP contribution in [-0.2, 0) is 4.74 Å². The van der Waals surface area contributed by atoms with Gasteiger partial charge in [-0.15, -0.1) is 0 Å². The van der Waals surface area contributed by atoms with Crippen LogP contribution in [0, 0.1) is 23.1 Å². The number of ether oxygens (including phenoxy) is 1. The first-order valence-electron chi connectivity index (χ1n) is 9.82. The Morgan fingerprint density at radius 3 is 2.55 bits per heavy atom. The lowest BCUT2D eigenvalue weighted by molar-refractivity contribution is 0.0443. The van der Waals surface area contributed by atoms with Gasteiger partial charge in [-0.2, -0.15) is 0 Å². The Labute approximate surface area is 186 Å². The van der Waals surface area contributed by atoms with Crippen molar-refractivity contribution in [2.75, 3.05) is 39.9 Å². The van der Waals surface area contributed by atoms with E-state index in [-0.39, 0.29) is 17.0 Å². The topological polar surface area (TPSA) is 82.7 Å². The van der Waals surface area contributed by atoms with Crippen LogP contribution in [0.2, 0.25) is 5.02 Å². The van der Waals surface area contributed by atoms with Gasteiger partial charge in [0.05, 0.1) is 30.9 Å². The normalized spacial score (nSPS) is 14.9. The van der Waals surface area contributed by atoms with Crippen LogP contribution in [0.15, 0.2) is 42.5 Å². The third kappa shape index (κ3) is 5.61. The van der Waals surface area contributed by atoms with Crippen LogP contribution < -0.4 is 5.73 Å². The number of amidine groups is 1. The molecule has 0 spiro atoms. The Morgan fingerprint density at radius 2 is 1.90 bits per heavy atom. The zero-order valence-corrected chi connectivity index (χ0v) is 18.0. The number of nitrogens with two attached hydrogens (primary N) is 1. The molecule has 1 saturated heterocycles. The third-order valence-corrected chi connectivity index (χ3v) is 5.34. The van der Waals surface area contributed by atoms with Gasteiger partial charge < -0.3 is 15.4 Å². The van der Waals surface area contributed by atoms with Crippen molar-refractivity contribution < 1.29 is 13.9 Å². The van der Waals surface area contributed by atoms with E-state index in [2.05, 4.69) is 16.7 Å². The molecule has 1 unspecified atom stereocenters. The highest BCUT2D eigenvalue weighted by Gasteiger charge is 2.23. The van der Waals surface area contributed by atoms with Gasteiger partial charge in [0.15, 0.2) is 0 Å². The SMILES string of the molecule is CN(C(=N)c1cccc(C(N)=O)c1F)C(C#CCN1CCOCC1)c1ccc(Cl)cc1. The maximum atomic E-state index is 14.8. The second-order valence-corrected chi connectivity index (χ2v) is 7.59. The van der Waals surface area contributed by atoms with E-state index in [1.54, 1.807) is 24.1 Å². The summed E-state index contributed by atoms with van der Waals surface area (Å²) in [5, 5.41) is 9.17. The Balaban J connectivity index is 1.89. The Morgan fingerprint density at radius 1 is 1.26 bits per heavy atom. The molecule has 0 saturated carbocycles. The maximum absolute atomic E-state index is 14.8. The van der Waals surface area contributed by atoms with E-state index in [4.69, 9.17) is 27.5 Å². The summed E-state index contributed by atoms with van der Waals surface area (Å²) in [7, 11) is 1.67. The fourth-order valence-electron chi connectivity index (χ4n) is 3.29. The van der Waals surface area contributed by atoms with Crippen molar-refractivity contribution in [3.63, 3.8) is 0 Å². The van der Waals surface area contributed by atoms with Crippen molar-refractivity contribution in [1.82, 2.24) is 9.80 Å². The van der Waals surface area contributed by atoms with Gasteiger partial charge in [-0.1, -0.05) is 41.6 Å². The van der Waals surface area contributed by atoms with E-state index in [9.17, 15) is 9.18 Å². The van der Waals surface area contributed by atoms with Gasteiger partial charge in [-0.3, -0.25) is 15.1 Å². The van der Waals surface area contributed by atoms with Gasteiger partial charge in [0.1, 0.15) is 17.7 Å². The van der Waals surface area contributed by atoms with Gasteiger partial charge in [0.25, 0.3) is 5.91 Å². The number of rotatable bonds is 5. The largest absolute Gasteiger partial charge is 0.379 e. The van der Waals surface area contributed by atoms with E-state index >= 15 is 0 Å². The first-order chi connectivity index (χ1) is 14.9. The lowest BCUT2D eigenvalue weighted by atomic mass is 10.0. The van der Waals surface area contributed by atoms with Crippen molar-refractivity contribution in [1.29, 1.82) is 5.41 Å². The van der Waals surface area contributed by atoms with Crippen LogP contribution in [0.5, 0.6) is 0 Å². The Hall–Kier alpha value is -2.92. The average molecular weight is 443 g/mol. The number of hydrogen-bond donors (Lipinski definition) is 2. The number of carbonyl (C=O) groups excluding carboxylic acids is 1. The van der Waals surface area contributed by atoms with E-state index in [1.165, 1.54) is 18.2 Å². The first-order valence-corrected chi connectivity index (χ1v) is 10.2. The monoisotopic (exact) mass is 442 g/mol. The van der Waals surface area contributed by atoms with Gasteiger partial charge in [0.2, 0.25) is 0 Å². The summed E-state index contributed by atoms with van der Waals surface area (Å²) in [5.74, 6) is 4.58. The second kappa shape index (κ2) is 10.4. The van der Waals surface area contributed by atoms with Gasteiger partial charge >= 0.3 is 0 Å². The minimum absolute atomic E-state index is 0.0206. The molecule has 3 N–H and O–H groups in total. The number of benzene rings is 2. The summed E-state index contributed by atoms with van der Waals surface area (Å²) in [6.07, 6.45) is 0. The number of nitrogens with zero attached hydrogens (tertiary/aromatic N) is 2. The molecule has 1 atom stereocenters. The highest BCUT2D eigenvalue weighted by Crippen LogP contribution is 2.24. The zero-order chi connectivity index (χ0) is 22.4. The van der Waals surface area contributed by atoms with E-state index in [0.29, 0.717) is 24.8 Å². The quantitative estimate of drug-likeness (QED) is 0.423. The van der Waals surface area contributed by atoms with Gasteiger partial charge in [-0.05, 0) is 29.8 Å². The molecule has 0 bridgehead atoms. The lowest BCUT2D eigenvalue weighted by Gasteiger charge is -2.28. The molecule has 2 aromatic rings. The Bertz CT molecular complexity index is 1010. The van der Waals surface area contributed by atoms with Crippen LogP contribution >= 0.6 is 11.6 Å². The molecular formula is C23H24ClFN4O2. The summed E-state index contributed by atoms with van der Waals surface area (Å²) >= 11 is 6.02. The Kier molecular flexibility index (Phi) is 7.64. The molecule has 0 radical (unpaired) electrons. The molecule has 1 heterocycles. The van der Waals surface area contributed by atoms with Crippen LogP contribution in [0.4, 0.5) is 4.39 Å². The van der Waals surface area contributed by atoms with Gasteiger partial charge in [0, 0.05) is 25.2 Å². The summed E-state index contributed by atoms with van der Waals surface area (Å²) < 4.78 is 20.2. The van der Waals surface area contributed by atoms with Gasteiger partial charge in [-0.25, -0.2) is 4.39 Å². The number of primary amides is 1. The van der Waals surface area contributed by atoms with Crippen LogP contribution in [-0.4, -0.2) is 61.4 Å². The number of halogens is 2. The van der Waals surface area contributed by atoms with Crippen LogP contribution in [0.1, 0.15) is 27.5 Å². The molecule has 1 aliphatic rings. The first kappa shape index (κ1) is 22.8. The maximum Gasteiger partial charge on any atom is 0.251 e. The fraction of sp³-hybridized carbons (Fsp3) is 0.304. The molecule has 1 aliphatic heterocycles.